The van der Waals surface area contributed by atoms with Gasteiger partial charge in [-0.25, -0.2) is 9.69 Å². The Balaban J connectivity index is 2.42. The van der Waals surface area contributed by atoms with Crippen LogP contribution in [0.1, 0.15) is 11.1 Å². The zero-order valence-electron chi connectivity index (χ0n) is 14.4. The van der Waals surface area contributed by atoms with Gasteiger partial charge in [0.1, 0.15) is 10.6 Å². The molecule has 3 N–H and O–H groups in total. The molecule has 0 radical (unpaired) electrons. The standard InChI is InChI=1S/C16H12N4O7S2/c17-8-10-2-1-3-12(6-10)27-29(25,26)13-5-4-11(14(7-13)20(23)24)9-19(15(18)28)16(21)22/h1-7H,9H2,(H2,18,28)(H,21,22). The molecule has 0 aliphatic heterocycles. The van der Waals surface area contributed by atoms with Gasteiger partial charge in [-0.1, -0.05) is 6.07 Å². The summed E-state index contributed by atoms with van der Waals surface area (Å²) >= 11 is 4.59. The zero-order chi connectivity index (χ0) is 21.8. The summed E-state index contributed by atoms with van der Waals surface area (Å²) in [5.41, 5.74) is 4.65. The van der Waals surface area contributed by atoms with Gasteiger partial charge in [0.25, 0.3) is 5.69 Å². The molecule has 0 atom stereocenters. The third-order valence-electron chi connectivity index (χ3n) is 3.54. The highest BCUT2D eigenvalue weighted by atomic mass is 32.2. The molecule has 2 rings (SSSR count). The summed E-state index contributed by atoms with van der Waals surface area (Å²) in [5, 5.41) is 28.8. The fourth-order valence-corrected chi connectivity index (χ4v) is 3.29. The van der Waals surface area contributed by atoms with E-state index in [2.05, 4.69) is 12.2 Å². The monoisotopic (exact) mass is 436 g/mol. The van der Waals surface area contributed by atoms with Crippen molar-refractivity contribution in [1.82, 2.24) is 4.90 Å². The van der Waals surface area contributed by atoms with Crippen molar-refractivity contribution in [2.24, 2.45) is 5.73 Å². The number of nitriles is 1. The number of benzene rings is 2. The minimum absolute atomic E-state index is 0.129. The first-order chi connectivity index (χ1) is 13.5. The van der Waals surface area contributed by atoms with Crippen molar-refractivity contribution in [2.75, 3.05) is 0 Å². The Morgan fingerprint density at radius 2 is 2.03 bits per heavy atom. The lowest BCUT2D eigenvalue weighted by atomic mass is 10.1. The number of carboxylic acid groups (broad SMARTS) is 1. The predicted molar refractivity (Wildman–Crippen MR) is 102 cm³/mol. The summed E-state index contributed by atoms with van der Waals surface area (Å²) in [6.45, 7) is -0.549. The van der Waals surface area contributed by atoms with Crippen molar-refractivity contribution in [3.8, 4) is 11.8 Å². The van der Waals surface area contributed by atoms with Crippen LogP contribution >= 0.6 is 12.2 Å². The second-order valence-electron chi connectivity index (χ2n) is 5.43. The van der Waals surface area contributed by atoms with Gasteiger partial charge in [-0.05, 0) is 42.5 Å². The third kappa shape index (κ3) is 5.15. The van der Waals surface area contributed by atoms with Crippen LogP contribution in [0, 0.1) is 21.4 Å². The quantitative estimate of drug-likeness (QED) is 0.294. The molecular weight excluding hydrogens is 424 g/mol. The molecule has 0 spiro atoms. The Labute approximate surface area is 169 Å². The first-order valence-corrected chi connectivity index (χ1v) is 9.38. The molecule has 0 aromatic heterocycles. The summed E-state index contributed by atoms with van der Waals surface area (Å²) in [5.74, 6) is -0.152. The number of hydrogen-bond donors (Lipinski definition) is 2. The van der Waals surface area contributed by atoms with Crippen LogP contribution in [0.5, 0.6) is 5.75 Å². The van der Waals surface area contributed by atoms with Crippen LogP contribution in [0.15, 0.2) is 47.4 Å². The van der Waals surface area contributed by atoms with Gasteiger partial charge in [-0.3, -0.25) is 10.1 Å². The van der Waals surface area contributed by atoms with Crippen molar-refractivity contribution in [2.45, 2.75) is 11.4 Å². The average molecular weight is 436 g/mol. The van der Waals surface area contributed by atoms with E-state index in [4.69, 9.17) is 20.3 Å². The van der Waals surface area contributed by atoms with E-state index in [9.17, 15) is 23.3 Å². The van der Waals surface area contributed by atoms with E-state index in [1.54, 1.807) is 0 Å². The largest absolute Gasteiger partial charge is 0.465 e. The molecule has 29 heavy (non-hydrogen) atoms. The van der Waals surface area contributed by atoms with Gasteiger partial charge in [0.15, 0.2) is 5.11 Å². The minimum atomic E-state index is -4.47. The molecule has 0 aliphatic carbocycles. The van der Waals surface area contributed by atoms with E-state index in [0.29, 0.717) is 4.90 Å². The lowest BCUT2D eigenvalue weighted by Gasteiger charge is -2.17. The molecule has 0 aliphatic rings. The fraction of sp³-hybridized carbons (Fsp3) is 0.0625. The lowest BCUT2D eigenvalue weighted by molar-refractivity contribution is -0.385. The summed E-state index contributed by atoms with van der Waals surface area (Å²) in [7, 11) is -4.47. The highest BCUT2D eigenvalue weighted by Gasteiger charge is 2.26. The molecule has 0 saturated carbocycles. The molecule has 0 fully saturated rings. The van der Waals surface area contributed by atoms with Crippen LogP contribution in [0.4, 0.5) is 10.5 Å². The summed E-state index contributed by atoms with van der Waals surface area (Å²) < 4.78 is 29.8. The Bertz CT molecular complexity index is 1130. The number of amides is 1. The van der Waals surface area contributed by atoms with Crippen molar-refractivity contribution in [1.29, 1.82) is 5.26 Å². The van der Waals surface area contributed by atoms with Crippen LogP contribution in [0.3, 0.4) is 0 Å². The number of hydrogen-bond acceptors (Lipinski definition) is 8. The number of carbonyl (C=O) groups is 1. The molecule has 0 saturated heterocycles. The number of nitro benzene ring substituents is 1. The van der Waals surface area contributed by atoms with E-state index in [-0.39, 0.29) is 16.9 Å². The number of rotatable bonds is 6. The maximum Gasteiger partial charge on any atom is 0.413 e. The Morgan fingerprint density at radius 1 is 1.34 bits per heavy atom. The van der Waals surface area contributed by atoms with E-state index < -0.39 is 43.4 Å². The lowest BCUT2D eigenvalue weighted by Crippen LogP contribution is -2.39. The van der Waals surface area contributed by atoms with Crippen molar-refractivity contribution < 1.29 is 27.4 Å². The van der Waals surface area contributed by atoms with Crippen molar-refractivity contribution >= 4 is 39.2 Å². The van der Waals surface area contributed by atoms with Gasteiger partial charge >= 0.3 is 16.2 Å². The Hall–Kier alpha value is -3.76. The van der Waals surface area contributed by atoms with E-state index >= 15 is 0 Å². The maximum absolute atomic E-state index is 12.5. The zero-order valence-corrected chi connectivity index (χ0v) is 16.0. The van der Waals surface area contributed by atoms with Crippen LogP contribution in [0.25, 0.3) is 0 Å². The highest BCUT2D eigenvalue weighted by Crippen LogP contribution is 2.27. The van der Waals surface area contributed by atoms with E-state index in [1.165, 1.54) is 24.3 Å². The molecule has 0 bridgehead atoms. The minimum Gasteiger partial charge on any atom is -0.465 e. The van der Waals surface area contributed by atoms with Crippen LogP contribution < -0.4 is 9.92 Å². The molecule has 1 amide bonds. The van der Waals surface area contributed by atoms with Crippen LogP contribution in [0.2, 0.25) is 0 Å². The van der Waals surface area contributed by atoms with Gasteiger partial charge in [0, 0.05) is 11.6 Å². The third-order valence-corrected chi connectivity index (χ3v) is 5.00. The first kappa shape index (κ1) is 21.5. The van der Waals surface area contributed by atoms with Gasteiger partial charge in [-0.2, -0.15) is 13.7 Å². The van der Waals surface area contributed by atoms with E-state index in [1.807, 2.05) is 6.07 Å². The van der Waals surface area contributed by atoms with Gasteiger partial charge in [0.2, 0.25) is 0 Å². The van der Waals surface area contributed by atoms with Gasteiger partial charge in [-0.15, -0.1) is 0 Å². The summed E-state index contributed by atoms with van der Waals surface area (Å²) in [6.07, 6.45) is -1.52. The number of nitrogens with two attached hydrogens (primary N) is 1. The van der Waals surface area contributed by atoms with Gasteiger partial charge < -0.3 is 15.0 Å². The number of nitro groups is 1. The Morgan fingerprint density at radius 3 is 2.59 bits per heavy atom. The topological polar surface area (TPSA) is 177 Å². The maximum atomic E-state index is 12.5. The van der Waals surface area contributed by atoms with Crippen LogP contribution in [-0.4, -0.2) is 34.6 Å². The van der Waals surface area contributed by atoms with Crippen molar-refractivity contribution in [3.63, 3.8) is 0 Å². The second kappa shape index (κ2) is 8.50. The molecule has 150 valence electrons. The molecular formula is C16H12N4O7S2. The summed E-state index contributed by atoms with van der Waals surface area (Å²) in [4.78, 5) is 21.6. The molecule has 0 heterocycles. The van der Waals surface area contributed by atoms with E-state index in [0.717, 1.165) is 18.2 Å². The molecule has 11 nitrogen and oxygen atoms in total. The molecule has 0 unspecified atom stereocenters. The van der Waals surface area contributed by atoms with Crippen molar-refractivity contribution in [3.05, 3.63) is 63.7 Å². The predicted octanol–water partition coefficient (Wildman–Crippen LogP) is 1.96. The summed E-state index contributed by atoms with van der Waals surface area (Å²) in [6, 6.07) is 9.98. The molecule has 13 heteroatoms. The Kier molecular flexibility index (Phi) is 6.32. The average Bonchev–Trinajstić information content (AvgIpc) is 2.65. The first-order valence-electron chi connectivity index (χ1n) is 7.57. The molecule has 2 aromatic carbocycles. The SMILES string of the molecule is N#Cc1cccc(OS(=O)(=O)c2ccc(CN(C(=O)O)C(N)=S)c([N+](=O)[O-])c2)c1. The van der Waals surface area contributed by atoms with Gasteiger partial charge in [0.05, 0.1) is 23.1 Å². The second-order valence-corrected chi connectivity index (χ2v) is 7.40. The van der Waals surface area contributed by atoms with Crippen LogP contribution in [-0.2, 0) is 16.7 Å². The number of nitrogens with zero attached hydrogens (tertiary/aromatic N) is 3. The normalized spacial score (nSPS) is 10.6. The smallest absolute Gasteiger partial charge is 0.413 e. The highest BCUT2D eigenvalue weighted by molar-refractivity contribution is 7.87. The fourth-order valence-electron chi connectivity index (χ4n) is 2.21. The number of thiocarbonyl (C=S) groups is 1. The molecule has 2 aromatic rings.